The van der Waals surface area contributed by atoms with Crippen LogP contribution in [0.3, 0.4) is 0 Å². The number of hydrogen-bond acceptors (Lipinski definition) is 4. The second-order valence-corrected chi connectivity index (χ2v) is 4.54. The Morgan fingerprint density at radius 1 is 1.45 bits per heavy atom. The van der Waals surface area contributed by atoms with Gasteiger partial charge >= 0.3 is 12.1 Å². The number of rotatable bonds is 4. The van der Waals surface area contributed by atoms with E-state index >= 15 is 0 Å². The molecule has 1 saturated heterocycles. The fourth-order valence-corrected chi connectivity index (χ4v) is 2.02. The van der Waals surface area contributed by atoms with Crippen LogP contribution < -0.4 is 0 Å². The van der Waals surface area contributed by atoms with Crippen molar-refractivity contribution in [1.29, 1.82) is 0 Å². The van der Waals surface area contributed by atoms with Gasteiger partial charge in [0.1, 0.15) is 6.61 Å². The summed E-state index contributed by atoms with van der Waals surface area (Å²) in [5.74, 6) is -0.302. The first-order valence-corrected chi connectivity index (χ1v) is 6.44. The first-order valence-electron chi connectivity index (χ1n) is 6.44. The lowest BCUT2D eigenvalue weighted by atomic mass is 10.1. The van der Waals surface area contributed by atoms with Crippen molar-refractivity contribution in [1.82, 2.24) is 4.90 Å². The Kier molecular flexibility index (Phi) is 4.76. The summed E-state index contributed by atoms with van der Waals surface area (Å²) in [4.78, 5) is 24.7. The van der Waals surface area contributed by atoms with Gasteiger partial charge in [-0.1, -0.05) is 36.4 Å². The molecular formula is C15H17NO4. The van der Waals surface area contributed by atoms with Gasteiger partial charge in [0.2, 0.25) is 0 Å². The van der Waals surface area contributed by atoms with Crippen molar-refractivity contribution in [2.24, 2.45) is 0 Å². The van der Waals surface area contributed by atoms with E-state index < -0.39 is 6.09 Å². The molecule has 1 heterocycles. The van der Waals surface area contributed by atoms with Gasteiger partial charge in [0.05, 0.1) is 12.5 Å². The molecule has 0 bridgehead atoms. The predicted molar refractivity (Wildman–Crippen MR) is 72.6 cm³/mol. The van der Waals surface area contributed by atoms with Gasteiger partial charge in [-0.15, -0.1) is 6.58 Å². The van der Waals surface area contributed by atoms with Crippen molar-refractivity contribution < 1.29 is 19.1 Å². The number of hydrogen-bond donors (Lipinski definition) is 0. The number of cyclic esters (lactones) is 1. The van der Waals surface area contributed by atoms with Crippen molar-refractivity contribution in [3.05, 3.63) is 48.6 Å². The average Bonchev–Trinajstić information content (AvgIpc) is 2.46. The molecule has 0 saturated carbocycles. The third-order valence-corrected chi connectivity index (χ3v) is 3.09. The molecule has 5 nitrogen and oxygen atoms in total. The Hall–Kier alpha value is -2.30. The number of esters is 1. The third-order valence-electron chi connectivity index (χ3n) is 3.09. The van der Waals surface area contributed by atoms with Crippen molar-refractivity contribution in [3.8, 4) is 0 Å². The summed E-state index contributed by atoms with van der Waals surface area (Å²) in [6.45, 7) is 3.77. The Labute approximate surface area is 117 Å². The number of benzene rings is 1. The Balaban J connectivity index is 1.93. The highest BCUT2D eigenvalue weighted by Gasteiger charge is 2.31. The van der Waals surface area contributed by atoms with Crippen LogP contribution in [0.15, 0.2) is 43.0 Å². The molecule has 106 valence electrons. The molecule has 0 radical (unpaired) electrons. The average molecular weight is 275 g/mol. The predicted octanol–water partition coefficient (Wildman–Crippen LogP) is 2.47. The lowest BCUT2D eigenvalue weighted by molar-refractivity contribution is -0.157. The molecule has 1 aromatic rings. The highest BCUT2D eigenvalue weighted by atomic mass is 16.6. The SMILES string of the molecule is C=CC[C@H]1CC(=O)OCN1C(=O)OCc1ccccc1. The summed E-state index contributed by atoms with van der Waals surface area (Å²) in [5, 5.41) is 0. The van der Waals surface area contributed by atoms with Crippen molar-refractivity contribution >= 4 is 12.1 Å². The van der Waals surface area contributed by atoms with Crippen LogP contribution >= 0.6 is 0 Å². The minimum atomic E-state index is -0.479. The van der Waals surface area contributed by atoms with Gasteiger partial charge in [-0.25, -0.2) is 4.79 Å². The lowest BCUT2D eigenvalue weighted by Gasteiger charge is -2.33. The molecule has 0 aliphatic carbocycles. The molecule has 2 rings (SSSR count). The molecule has 0 N–H and O–H groups in total. The molecule has 0 unspecified atom stereocenters. The lowest BCUT2D eigenvalue weighted by Crippen LogP contribution is -2.47. The summed E-state index contributed by atoms with van der Waals surface area (Å²) < 4.78 is 10.1. The van der Waals surface area contributed by atoms with Gasteiger partial charge in [-0.05, 0) is 12.0 Å². The van der Waals surface area contributed by atoms with E-state index in [0.717, 1.165) is 5.56 Å². The van der Waals surface area contributed by atoms with Crippen LogP contribution in [0.2, 0.25) is 0 Å². The number of carbonyl (C=O) groups excluding carboxylic acids is 2. The van der Waals surface area contributed by atoms with Gasteiger partial charge in [-0.2, -0.15) is 0 Å². The van der Waals surface area contributed by atoms with Crippen molar-refractivity contribution in [2.75, 3.05) is 6.73 Å². The van der Waals surface area contributed by atoms with Gasteiger partial charge in [0.25, 0.3) is 0 Å². The third kappa shape index (κ3) is 3.60. The quantitative estimate of drug-likeness (QED) is 0.625. The zero-order valence-corrected chi connectivity index (χ0v) is 11.2. The van der Waals surface area contributed by atoms with Crippen LogP contribution in [-0.4, -0.2) is 29.7 Å². The first-order chi connectivity index (χ1) is 9.70. The maximum Gasteiger partial charge on any atom is 0.413 e. The van der Waals surface area contributed by atoms with Crippen molar-refractivity contribution in [2.45, 2.75) is 25.5 Å². The minimum absolute atomic E-state index is 0.0645. The fraction of sp³-hybridized carbons (Fsp3) is 0.333. The molecule has 1 atom stereocenters. The topological polar surface area (TPSA) is 55.8 Å². The maximum absolute atomic E-state index is 12.0. The van der Waals surface area contributed by atoms with E-state index in [2.05, 4.69) is 6.58 Å². The minimum Gasteiger partial charge on any atom is -0.444 e. The first kappa shape index (κ1) is 14.1. The number of ether oxygens (including phenoxy) is 2. The van der Waals surface area contributed by atoms with E-state index in [-0.39, 0.29) is 31.8 Å². The summed E-state index contributed by atoms with van der Waals surface area (Å²) >= 11 is 0. The van der Waals surface area contributed by atoms with Crippen LogP contribution in [-0.2, 0) is 20.9 Å². The molecular weight excluding hydrogens is 258 g/mol. The Morgan fingerprint density at radius 3 is 2.90 bits per heavy atom. The van der Waals surface area contributed by atoms with E-state index in [0.29, 0.717) is 6.42 Å². The number of nitrogens with zero attached hydrogens (tertiary/aromatic N) is 1. The van der Waals surface area contributed by atoms with E-state index in [1.165, 1.54) is 4.90 Å². The molecule has 1 aliphatic rings. The molecule has 1 aromatic carbocycles. The van der Waals surface area contributed by atoms with Crippen LogP contribution in [0.5, 0.6) is 0 Å². The van der Waals surface area contributed by atoms with Gasteiger partial charge in [-0.3, -0.25) is 9.69 Å². The smallest absolute Gasteiger partial charge is 0.413 e. The summed E-state index contributed by atoms with van der Waals surface area (Å²) in [7, 11) is 0. The zero-order chi connectivity index (χ0) is 14.4. The van der Waals surface area contributed by atoms with Crippen LogP contribution in [0, 0.1) is 0 Å². The molecule has 1 aliphatic heterocycles. The van der Waals surface area contributed by atoms with Gasteiger partial charge in [0.15, 0.2) is 6.73 Å². The van der Waals surface area contributed by atoms with E-state index in [1.54, 1.807) is 6.08 Å². The van der Waals surface area contributed by atoms with Crippen LogP contribution in [0.1, 0.15) is 18.4 Å². The monoisotopic (exact) mass is 275 g/mol. The fourth-order valence-electron chi connectivity index (χ4n) is 2.02. The Bertz CT molecular complexity index is 486. The molecule has 1 amide bonds. The van der Waals surface area contributed by atoms with E-state index in [9.17, 15) is 9.59 Å². The highest BCUT2D eigenvalue weighted by molar-refractivity contribution is 5.75. The number of carbonyl (C=O) groups is 2. The maximum atomic E-state index is 12.0. The van der Waals surface area contributed by atoms with Gasteiger partial charge < -0.3 is 9.47 Å². The van der Waals surface area contributed by atoms with E-state index in [4.69, 9.17) is 9.47 Å². The largest absolute Gasteiger partial charge is 0.444 e. The molecule has 5 heteroatoms. The summed E-state index contributed by atoms with van der Waals surface area (Å²) in [6.07, 6.45) is 1.91. The van der Waals surface area contributed by atoms with Crippen molar-refractivity contribution in [3.63, 3.8) is 0 Å². The summed E-state index contributed by atoms with van der Waals surface area (Å²) in [5.41, 5.74) is 0.912. The Morgan fingerprint density at radius 2 is 2.20 bits per heavy atom. The van der Waals surface area contributed by atoms with E-state index in [1.807, 2.05) is 30.3 Å². The molecule has 0 spiro atoms. The highest BCUT2D eigenvalue weighted by Crippen LogP contribution is 2.17. The molecule has 20 heavy (non-hydrogen) atoms. The standard InChI is InChI=1S/C15H17NO4/c1-2-6-13-9-14(17)20-11-16(13)15(18)19-10-12-7-4-3-5-8-12/h2-5,7-8,13H,1,6,9-11H2/t13-/m0/s1. The second-order valence-electron chi connectivity index (χ2n) is 4.54. The van der Waals surface area contributed by atoms with Crippen LogP contribution in [0.25, 0.3) is 0 Å². The number of amides is 1. The normalized spacial score (nSPS) is 18.3. The molecule has 1 fully saturated rings. The second kappa shape index (κ2) is 6.75. The van der Waals surface area contributed by atoms with Gasteiger partial charge in [0, 0.05) is 0 Å². The zero-order valence-electron chi connectivity index (χ0n) is 11.2. The summed E-state index contributed by atoms with van der Waals surface area (Å²) in [6, 6.07) is 9.18. The molecule has 0 aromatic heterocycles. The van der Waals surface area contributed by atoms with Crippen LogP contribution in [0.4, 0.5) is 4.79 Å².